The highest BCUT2D eigenvalue weighted by atomic mass is 16.6. The smallest absolute Gasteiger partial charge is 0.407 e. The van der Waals surface area contributed by atoms with Gasteiger partial charge in [0.15, 0.2) is 0 Å². The Balaban J connectivity index is 1.32. The number of hydrogen-bond donors (Lipinski definition) is 2. The second-order valence-electron chi connectivity index (χ2n) is 7.27. The molecular formula is C26H28N2O4. The molecule has 2 amide bonds. The number of amides is 2. The van der Waals surface area contributed by atoms with Gasteiger partial charge in [-0.3, -0.25) is 0 Å². The average molecular weight is 433 g/mol. The normalized spacial score (nSPS) is 10.2. The zero-order chi connectivity index (χ0) is 22.4. The van der Waals surface area contributed by atoms with Crippen LogP contribution in [0.5, 0.6) is 0 Å². The van der Waals surface area contributed by atoms with E-state index in [1.54, 1.807) is 0 Å². The van der Waals surface area contributed by atoms with E-state index in [4.69, 9.17) is 9.47 Å². The van der Waals surface area contributed by atoms with Gasteiger partial charge in [0.2, 0.25) is 0 Å². The van der Waals surface area contributed by atoms with Crippen molar-refractivity contribution in [3.05, 3.63) is 107 Å². The molecule has 0 aliphatic rings. The van der Waals surface area contributed by atoms with Crippen LogP contribution in [-0.4, -0.2) is 25.4 Å². The van der Waals surface area contributed by atoms with E-state index in [1.807, 2.05) is 84.9 Å². The Bertz CT molecular complexity index is 901. The summed E-state index contributed by atoms with van der Waals surface area (Å²) in [5.41, 5.74) is 4.08. The summed E-state index contributed by atoms with van der Waals surface area (Å²) in [7, 11) is 0. The minimum atomic E-state index is -0.452. The van der Waals surface area contributed by atoms with Crippen molar-refractivity contribution in [2.24, 2.45) is 0 Å². The highest BCUT2D eigenvalue weighted by molar-refractivity contribution is 5.67. The summed E-state index contributed by atoms with van der Waals surface area (Å²) in [5.74, 6) is 0. The van der Waals surface area contributed by atoms with Crippen molar-refractivity contribution in [1.29, 1.82) is 0 Å². The summed E-state index contributed by atoms with van der Waals surface area (Å²) >= 11 is 0. The largest absolute Gasteiger partial charge is 0.449 e. The molecular weight excluding hydrogens is 404 g/mol. The molecule has 0 heterocycles. The Morgan fingerprint density at radius 1 is 0.562 bits per heavy atom. The van der Waals surface area contributed by atoms with Gasteiger partial charge in [-0.05, 0) is 22.3 Å². The maximum Gasteiger partial charge on any atom is 0.407 e. The third kappa shape index (κ3) is 8.52. The zero-order valence-corrected chi connectivity index (χ0v) is 18.0. The Kier molecular flexibility index (Phi) is 9.15. The van der Waals surface area contributed by atoms with Crippen LogP contribution in [0.1, 0.15) is 22.3 Å². The average Bonchev–Trinajstić information content (AvgIpc) is 2.83. The lowest BCUT2D eigenvalue weighted by Crippen LogP contribution is -2.25. The molecule has 166 valence electrons. The third-order valence-corrected chi connectivity index (χ3v) is 4.80. The highest BCUT2D eigenvalue weighted by Gasteiger charge is 2.05. The summed E-state index contributed by atoms with van der Waals surface area (Å²) in [5, 5.41) is 5.50. The zero-order valence-electron chi connectivity index (χ0n) is 18.0. The van der Waals surface area contributed by atoms with Crippen LogP contribution >= 0.6 is 0 Å². The van der Waals surface area contributed by atoms with Crippen LogP contribution < -0.4 is 10.6 Å². The molecule has 6 heteroatoms. The second-order valence-corrected chi connectivity index (χ2v) is 7.27. The Labute approximate surface area is 188 Å². The van der Waals surface area contributed by atoms with Gasteiger partial charge in [0.1, 0.15) is 0 Å². The van der Waals surface area contributed by atoms with Crippen molar-refractivity contribution < 1.29 is 19.1 Å². The van der Waals surface area contributed by atoms with Gasteiger partial charge in [-0.1, -0.05) is 84.9 Å². The minimum absolute atomic E-state index is 0.326. The van der Waals surface area contributed by atoms with Crippen molar-refractivity contribution in [1.82, 2.24) is 10.6 Å². The van der Waals surface area contributed by atoms with Crippen molar-refractivity contribution >= 4 is 12.2 Å². The van der Waals surface area contributed by atoms with Crippen LogP contribution in [-0.2, 0) is 35.4 Å². The SMILES string of the molecule is O=C(NCc1cccc(CNC(=O)OCCc2ccccc2)c1)OCCc1ccccc1. The summed E-state index contributed by atoms with van der Waals surface area (Å²) in [6.45, 7) is 1.34. The molecule has 0 bridgehead atoms. The van der Waals surface area contributed by atoms with Gasteiger partial charge in [0, 0.05) is 25.9 Å². The molecule has 32 heavy (non-hydrogen) atoms. The summed E-state index contributed by atoms with van der Waals surface area (Å²) in [6.07, 6.45) is 0.450. The van der Waals surface area contributed by atoms with Gasteiger partial charge in [0.25, 0.3) is 0 Å². The van der Waals surface area contributed by atoms with E-state index in [9.17, 15) is 9.59 Å². The molecule has 0 radical (unpaired) electrons. The maximum absolute atomic E-state index is 11.9. The van der Waals surface area contributed by atoms with E-state index in [1.165, 1.54) is 0 Å². The molecule has 3 aromatic rings. The predicted octanol–water partition coefficient (Wildman–Crippen LogP) is 4.62. The Morgan fingerprint density at radius 3 is 1.41 bits per heavy atom. The number of carbonyl (C=O) groups is 2. The van der Waals surface area contributed by atoms with E-state index < -0.39 is 12.2 Å². The predicted molar refractivity (Wildman–Crippen MR) is 123 cm³/mol. The number of carbonyl (C=O) groups excluding carboxylic acids is 2. The molecule has 0 unspecified atom stereocenters. The molecule has 6 nitrogen and oxygen atoms in total. The molecule has 0 aliphatic carbocycles. The van der Waals surface area contributed by atoms with Gasteiger partial charge in [-0.15, -0.1) is 0 Å². The fraction of sp³-hybridized carbons (Fsp3) is 0.231. The maximum atomic E-state index is 11.9. The third-order valence-electron chi connectivity index (χ3n) is 4.80. The number of nitrogens with one attached hydrogen (secondary N) is 2. The molecule has 2 N–H and O–H groups in total. The molecule has 0 saturated heterocycles. The Morgan fingerprint density at radius 2 is 0.969 bits per heavy atom. The lowest BCUT2D eigenvalue weighted by atomic mass is 10.1. The van der Waals surface area contributed by atoms with E-state index in [0.717, 1.165) is 22.3 Å². The lowest BCUT2D eigenvalue weighted by Gasteiger charge is -2.10. The van der Waals surface area contributed by atoms with Crippen molar-refractivity contribution in [3.8, 4) is 0 Å². The van der Waals surface area contributed by atoms with Gasteiger partial charge in [0.05, 0.1) is 13.2 Å². The standard InChI is InChI=1S/C26H28N2O4/c29-25(31-16-14-21-8-3-1-4-9-21)27-19-23-12-7-13-24(18-23)20-28-26(30)32-17-15-22-10-5-2-6-11-22/h1-13,18H,14-17,19-20H2,(H,27,29)(H,28,30). The number of alkyl carbamates (subject to hydrolysis) is 2. The van der Waals surface area contributed by atoms with Crippen molar-refractivity contribution in [2.45, 2.75) is 25.9 Å². The van der Waals surface area contributed by atoms with Gasteiger partial charge < -0.3 is 20.1 Å². The van der Waals surface area contributed by atoms with Crippen molar-refractivity contribution in [2.75, 3.05) is 13.2 Å². The van der Waals surface area contributed by atoms with Gasteiger partial charge in [-0.2, -0.15) is 0 Å². The molecule has 3 aromatic carbocycles. The number of rotatable bonds is 10. The highest BCUT2D eigenvalue weighted by Crippen LogP contribution is 2.06. The first kappa shape index (κ1) is 22.9. The first-order valence-corrected chi connectivity index (χ1v) is 10.7. The molecule has 0 saturated carbocycles. The van der Waals surface area contributed by atoms with E-state index in [-0.39, 0.29) is 0 Å². The fourth-order valence-electron chi connectivity index (χ4n) is 3.11. The van der Waals surface area contributed by atoms with E-state index in [2.05, 4.69) is 10.6 Å². The fourth-order valence-corrected chi connectivity index (χ4v) is 3.11. The number of benzene rings is 3. The van der Waals surface area contributed by atoms with Crippen molar-refractivity contribution in [3.63, 3.8) is 0 Å². The molecule has 3 rings (SSSR count). The Hall–Kier alpha value is -3.80. The monoisotopic (exact) mass is 432 g/mol. The molecule has 0 aromatic heterocycles. The minimum Gasteiger partial charge on any atom is -0.449 e. The molecule has 0 aliphatic heterocycles. The van der Waals surface area contributed by atoms with E-state index >= 15 is 0 Å². The van der Waals surface area contributed by atoms with Gasteiger partial charge in [-0.25, -0.2) is 9.59 Å². The first-order valence-electron chi connectivity index (χ1n) is 10.7. The van der Waals surface area contributed by atoms with Gasteiger partial charge >= 0.3 is 12.2 Å². The van der Waals surface area contributed by atoms with Crippen LogP contribution in [0.3, 0.4) is 0 Å². The summed E-state index contributed by atoms with van der Waals surface area (Å²) < 4.78 is 10.4. The van der Waals surface area contributed by atoms with Crippen LogP contribution in [0.2, 0.25) is 0 Å². The van der Waals surface area contributed by atoms with Crippen LogP contribution in [0.15, 0.2) is 84.9 Å². The molecule has 0 atom stereocenters. The molecule has 0 spiro atoms. The van der Waals surface area contributed by atoms with E-state index in [0.29, 0.717) is 39.1 Å². The number of ether oxygens (including phenoxy) is 2. The summed E-state index contributed by atoms with van der Waals surface area (Å²) in [6, 6.07) is 27.4. The number of hydrogen-bond acceptors (Lipinski definition) is 4. The second kappa shape index (κ2) is 12.8. The lowest BCUT2D eigenvalue weighted by molar-refractivity contribution is 0.146. The van der Waals surface area contributed by atoms with Crippen LogP contribution in [0.25, 0.3) is 0 Å². The quantitative estimate of drug-likeness (QED) is 0.490. The molecule has 0 fully saturated rings. The topological polar surface area (TPSA) is 76.7 Å². The van der Waals surface area contributed by atoms with Crippen LogP contribution in [0.4, 0.5) is 9.59 Å². The summed E-state index contributed by atoms with van der Waals surface area (Å²) in [4.78, 5) is 23.8. The van der Waals surface area contributed by atoms with Crippen LogP contribution in [0, 0.1) is 0 Å². The first-order chi connectivity index (χ1) is 15.7.